The Kier molecular flexibility index (Phi) is 7.05. The molecule has 1 aliphatic carbocycles. The van der Waals surface area contributed by atoms with Gasteiger partial charge in [-0.25, -0.2) is 4.79 Å². The topological polar surface area (TPSA) is 81.9 Å². The van der Waals surface area contributed by atoms with E-state index in [4.69, 9.17) is 15.2 Å². The van der Waals surface area contributed by atoms with E-state index in [9.17, 15) is 9.59 Å². The first-order valence-corrected chi connectivity index (χ1v) is 11.9. The van der Waals surface area contributed by atoms with Crippen LogP contribution in [0.25, 0.3) is 0 Å². The van der Waals surface area contributed by atoms with Gasteiger partial charge in [0.15, 0.2) is 5.60 Å². The van der Waals surface area contributed by atoms with Gasteiger partial charge in [-0.15, -0.1) is 0 Å². The van der Waals surface area contributed by atoms with Gasteiger partial charge in [-0.1, -0.05) is 18.1 Å². The highest BCUT2D eigenvalue weighted by Gasteiger charge is 2.44. The molecule has 0 unspecified atom stereocenters. The number of rotatable bonds is 6. The third kappa shape index (κ3) is 4.94. The molecule has 2 fully saturated rings. The molecule has 4 rings (SSSR count). The molecule has 1 amide bonds. The van der Waals surface area contributed by atoms with Crippen LogP contribution in [0.1, 0.15) is 68.9 Å². The molecule has 2 aliphatic heterocycles. The molecule has 2 N–H and O–H groups in total. The van der Waals surface area contributed by atoms with E-state index in [1.165, 1.54) is 24.0 Å². The first-order chi connectivity index (χ1) is 15.5. The van der Waals surface area contributed by atoms with E-state index >= 15 is 0 Å². The van der Waals surface area contributed by atoms with E-state index in [0.717, 1.165) is 57.7 Å². The maximum Gasteiger partial charge on any atom is 0.385 e. The number of carbonyl (C=O) groups excluding carboxylic acids is 2. The van der Waals surface area contributed by atoms with Gasteiger partial charge >= 0.3 is 5.97 Å². The van der Waals surface area contributed by atoms with Crippen LogP contribution in [0.3, 0.4) is 0 Å². The summed E-state index contributed by atoms with van der Waals surface area (Å²) in [5, 5.41) is 0. The second-order valence-corrected chi connectivity index (χ2v) is 9.39. The number of amides is 1. The molecule has 6 nitrogen and oxygen atoms in total. The van der Waals surface area contributed by atoms with E-state index in [0.29, 0.717) is 24.7 Å². The quantitative estimate of drug-likeness (QED) is 0.419. The molecule has 1 aromatic carbocycles. The van der Waals surface area contributed by atoms with E-state index in [1.807, 2.05) is 0 Å². The van der Waals surface area contributed by atoms with Gasteiger partial charge in [0, 0.05) is 17.9 Å². The van der Waals surface area contributed by atoms with Crippen molar-refractivity contribution in [3.8, 4) is 17.6 Å². The lowest BCUT2D eigenvalue weighted by Gasteiger charge is -2.38. The number of hydrogen-bond acceptors (Lipinski definition) is 5. The Morgan fingerprint density at radius 2 is 1.97 bits per heavy atom. The van der Waals surface area contributed by atoms with E-state index in [2.05, 4.69) is 34.9 Å². The highest BCUT2D eigenvalue weighted by Crippen LogP contribution is 2.38. The molecular formula is C26H34N2O4. The predicted molar refractivity (Wildman–Crippen MR) is 122 cm³/mol. The highest BCUT2D eigenvalue weighted by molar-refractivity contribution is 5.93. The molecule has 0 aromatic heterocycles. The van der Waals surface area contributed by atoms with E-state index < -0.39 is 17.5 Å². The summed E-state index contributed by atoms with van der Waals surface area (Å²) in [5.74, 6) is 5.90. The van der Waals surface area contributed by atoms with Crippen molar-refractivity contribution in [3.05, 3.63) is 29.3 Å². The highest BCUT2D eigenvalue weighted by atomic mass is 16.6. The van der Waals surface area contributed by atoms with Crippen molar-refractivity contribution >= 4 is 11.9 Å². The van der Waals surface area contributed by atoms with Crippen LogP contribution in [0, 0.1) is 17.8 Å². The summed E-state index contributed by atoms with van der Waals surface area (Å²) < 4.78 is 11.1. The molecule has 1 saturated carbocycles. The summed E-state index contributed by atoms with van der Waals surface area (Å²) in [6.07, 6.45) is 7.23. The monoisotopic (exact) mass is 438 g/mol. The van der Waals surface area contributed by atoms with Crippen molar-refractivity contribution in [3.63, 3.8) is 0 Å². The fraction of sp³-hybridized carbons (Fsp3) is 0.615. The number of fused-ring (bicyclic) bond motifs is 1. The van der Waals surface area contributed by atoms with Gasteiger partial charge in [0.25, 0.3) is 5.91 Å². The molecule has 1 saturated heterocycles. The molecule has 0 bridgehead atoms. The van der Waals surface area contributed by atoms with Gasteiger partial charge in [-0.05, 0) is 95.0 Å². The van der Waals surface area contributed by atoms with Crippen LogP contribution >= 0.6 is 0 Å². The number of primary amides is 1. The SMILES string of the molecule is CC#CC(=O)OC1(C(N)=O)CCC(CCN2CCC(c3cccc4c3CCO4)CC2)CC1. The number of nitrogens with zero attached hydrogens (tertiary/aromatic N) is 1. The van der Waals surface area contributed by atoms with Gasteiger partial charge in [-0.3, -0.25) is 4.79 Å². The first-order valence-electron chi connectivity index (χ1n) is 11.9. The Morgan fingerprint density at radius 3 is 2.66 bits per heavy atom. The van der Waals surface area contributed by atoms with Crippen molar-refractivity contribution in [1.29, 1.82) is 0 Å². The smallest absolute Gasteiger partial charge is 0.385 e. The summed E-state index contributed by atoms with van der Waals surface area (Å²) in [4.78, 5) is 26.4. The van der Waals surface area contributed by atoms with Crippen LogP contribution in [0.2, 0.25) is 0 Å². The van der Waals surface area contributed by atoms with Crippen molar-refractivity contribution in [2.45, 2.75) is 69.8 Å². The van der Waals surface area contributed by atoms with Gasteiger partial charge < -0.3 is 20.1 Å². The number of carbonyl (C=O) groups is 2. The molecule has 3 aliphatic rings. The van der Waals surface area contributed by atoms with Crippen LogP contribution in [0.4, 0.5) is 0 Å². The molecule has 172 valence electrons. The number of likely N-dealkylation sites (tertiary alicyclic amines) is 1. The van der Waals surface area contributed by atoms with Crippen LogP contribution in [-0.4, -0.2) is 48.6 Å². The average Bonchev–Trinajstić information content (AvgIpc) is 3.28. The van der Waals surface area contributed by atoms with E-state index in [1.54, 1.807) is 6.92 Å². The Bertz CT molecular complexity index is 900. The van der Waals surface area contributed by atoms with Crippen molar-refractivity contribution in [1.82, 2.24) is 4.90 Å². The summed E-state index contributed by atoms with van der Waals surface area (Å²) >= 11 is 0. The lowest BCUT2D eigenvalue weighted by atomic mass is 9.77. The van der Waals surface area contributed by atoms with Crippen LogP contribution in [-0.2, 0) is 20.7 Å². The van der Waals surface area contributed by atoms with Gasteiger partial charge in [0.2, 0.25) is 0 Å². The fourth-order valence-electron chi connectivity index (χ4n) is 5.60. The van der Waals surface area contributed by atoms with Crippen molar-refractivity contribution < 1.29 is 19.1 Å². The Morgan fingerprint density at radius 1 is 1.22 bits per heavy atom. The maximum atomic E-state index is 12.0. The zero-order chi connectivity index (χ0) is 22.6. The number of nitrogens with two attached hydrogens (primary N) is 1. The fourth-order valence-corrected chi connectivity index (χ4v) is 5.60. The van der Waals surface area contributed by atoms with Gasteiger partial charge in [0.05, 0.1) is 6.61 Å². The maximum absolute atomic E-state index is 12.0. The van der Waals surface area contributed by atoms with Crippen molar-refractivity contribution in [2.75, 3.05) is 26.2 Å². The molecule has 32 heavy (non-hydrogen) atoms. The number of hydrogen-bond donors (Lipinski definition) is 1. The minimum absolute atomic E-state index is 0.493. The summed E-state index contributed by atoms with van der Waals surface area (Å²) in [5.41, 5.74) is 7.34. The molecule has 6 heteroatoms. The van der Waals surface area contributed by atoms with E-state index in [-0.39, 0.29) is 0 Å². The van der Waals surface area contributed by atoms with Crippen LogP contribution in [0.15, 0.2) is 18.2 Å². The summed E-state index contributed by atoms with van der Waals surface area (Å²) in [6.45, 7) is 5.71. The lowest BCUT2D eigenvalue weighted by Crippen LogP contribution is -2.50. The van der Waals surface area contributed by atoms with Gasteiger partial charge in [0.1, 0.15) is 5.75 Å². The largest absolute Gasteiger partial charge is 0.493 e. The standard InChI is InChI=1S/C26H34N2O4/c1-2-4-24(29)32-26(25(27)30)13-7-19(8-14-26)9-15-28-16-10-20(11-17-28)21-5-3-6-23-22(21)12-18-31-23/h3,5-6,19-20H,7-18H2,1H3,(H2,27,30). The molecular weight excluding hydrogens is 404 g/mol. The van der Waals surface area contributed by atoms with Crippen LogP contribution in [0.5, 0.6) is 5.75 Å². The molecule has 0 radical (unpaired) electrons. The summed E-state index contributed by atoms with van der Waals surface area (Å²) in [6, 6.07) is 6.52. The Balaban J connectivity index is 1.23. The van der Waals surface area contributed by atoms with Crippen LogP contribution < -0.4 is 10.5 Å². The molecule has 2 heterocycles. The zero-order valence-electron chi connectivity index (χ0n) is 19.0. The van der Waals surface area contributed by atoms with Gasteiger partial charge in [-0.2, -0.15) is 0 Å². The van der Waals surface area contributed by atoms with Crippen molar-refractivity contribution in [2.24, 2.45) is 11.7 Å². The zero-order valence-corrected chi connectivity index (χ0v) is 19.0. The minimum atomic E-state index is -1.19. The molecule has 0 spiro atoms. The number of esters is 1. The molecule has 0 atom stereocenters. The number of benzene rings is 1. The Hall–Kier alpha value is -2.52. The summed E-state index contributed by atoms with van der Waals surface area (Å²) in [7, 11) is 0. The Labute approximate surface area is 190 Å². The first kappa shape index (κ1) is 22.7. The second kappa shape index (κ2) is 9.95. The normalized spacial score (nSPS) is 25.8. The average molecular weight is 439 g/mol. The number of ether oxygens (including phenoxy) is 2. The molecule has 1 aromatic rings. The third-order valence-electron chi connectivity index (χ3n) is 7.54. The second-order valence-electron chi connectivity index (χ2n) is 9.39. The third-order valence-corrected chi connectivity index (χ3v) is 7.54. The minimum Gasteiger partial charge on any atom is -0.493 e. The lowest BCUT2D eigenvalue weighted by molar-refractivity contribution is -0.166. The predicted octanol–water partition coefficient (Wildman–Crippen LogP) is 3.17. The number of piperidine rings is 1.